The molecule has 0 aliphatic rings. The minimum absolute atomic E-state index is 0.251. The topological polar surface area (TPSA) is 84.9 Å². The molecular formula is C15H14N2O3. The van der Waals surface area contributed by atoms with Gasteiger partial charge < -0.3 is 15.7 Å². The van der Waals surface area contributed by atoms with E-state index in [9.17, 15) is 4.79 Å². The average Bonchev–Trinajstić information content (AvgIpc) is 2.47. The van der Waals surface area contributed by atoms with Crippen LogP contribution in [-0.2, 0) is 6.61 Å². The molecule has 0 aromatic heterocycles. The molecule has 102 valence electrons. The molecule has 0 spiro atoms. The van der Waals surface area contributed by atoms with E-state index >= 15 is 0 Å². The lowest BCUT2D eigenvalue weighted by atomic mass is 10.1. The minimum atomic E-state index is -0.947. The van der Waals surface area contributed by atoms with Crippen LogP contribution in [0.2, 0.25) is 0 Å². The number of rotatable bonds is 5. The van der Waals surface area contributed by atoms with Gasteiger partial charge in [0.2, 0.25) is 0 Å². The number of benzene rings is 2. The van der Waals surface area contributed by atoms with E-state index < -0.39 is 5.97 Å². The number of aromatic carboxylic acids is 1. The molecule has 0 unspecified atom stereocenters. The molecule has 0 heterocycles. The number of nitrogens with two attached hydrogens (primary N) is 1. The van der Waals surface area contributed by atoms with Gasteiger partial charge >= 0.3 is 5.97 Å². The Morgan fingerprint density at radius 1 is 1.25 bits per heavy atom. The lowest BCUT2D eigenvalue weighted by molar-refractivity contribution is 0.0696. The maximum Gasteiger partial charge on any atom is 0.335 e. The van der Waals surface area contributed by atoms with Crippen LogP contribution in [0.3, 0.4) is 0 Å². The molecule has 0 saturated carbocycles. The standard InChI is InChI=1S/C15H14N2O3/c16-17-9-11-4-6-14(7-5-11)20-10-12-2-1-3-13(8-12)15(18)19/h1-9H,10,16H2,(H,18,19). The molecule has 0 fully saturated rings. The summed E-state index contributed by atoms with van der Waals surface area (Å²) >= 11 is 0. The van der Waals surface area contributed by atoms with Crippen LogP contribution in [0.25, 0.3) is 0 Å². The summed E-state index contributed by atoms with van der Waals surface area (Å²) in [4.78, 5) is 10.9. The number of carboxylic acids is 1. The molecule has 0 atom stereocenters. The summed E-state index contributed by atoms with van der Waals surface area (Å²) in [5, 5.41) is 12.3. The van der Waals surface area contributed by atoms with E-state index in [-0.39, 0.29) is 5.56 Å². The second-order valence-electron chi connectivity index (χ2n) is 4.14. The number of carbonyl (C=O) groups is 1. The van der Waals surface area contributed by atoms with Crippen LogP contribution >= 0.6 is 0 Å². The van der Waals surface area contributed by atoms with Gasteiger partial charge in [-0.2, -0.15) is 5.10 Å². The van der Waals surface area contributed by atoms with E-state index in [4.69, 9.17) is 15.7 Å². The van der Waals surface area contributed by atoms with Crippen molar-refractivity contribution < 1.29 is 14.6 Å². The van der Waals surface area contributed by atoms with Gasteiger partial charge in [-0.15, -0.1) is 0 Å². The zero-order valence-corrected chi connectivity index (χ0v) is 10.7. The normalized spacial score (nSPS) is 10.6. The fraction of sp³-hybridized carbons (Fsp3) is 0.0667. The molecule has 0 aliphatic heterocycles. The van der Waals surface area contributed by atoms with Gasteiger partial charge in [-0.25, -0.2) is 4.79 Å². The van der Waals surface area contributed by atoms with Crippen LogP contribution in [-0.4, -0.2) is 17.3 Å². The zero-order chi connectivity index (χ0) is 14.4. The lowest BCUT2D eigenvalue weighted by Gasteiger charge is -2.07. The summed E-state index contributed by atoms with van der Waals surface area (Å²) in [7, 11) is 0. The predicted octanol–water partition coefficient (Wildman–Crippen LogP) is 2.26. The van der Waals surface area contributed by atoms with Gasteiger partial charge in [-0.1, -0.05) is 12.1 Å². The maximum atomic E-state index is 10.9. The molecular weight excluding hydrogens is 256 g/mol. The highest BCUT2D eigenvalue weighted by Crippen LogP contribution is 2.14. The van der Waals surface area contributed by atoms with Crippen molar-refractivity contribution in [3.8, 4) is 5.75 Å². The van der Waals surface area contributed by atoms with E-state index in [1.807, 2.05) is 18.2 Å². The highest BCUT2D eigenvalue weighted by Gasteiger charge is 2.03. The number of hydrogen-bond donors (Lipinski definition) is 2. The smallest absolute Gasteiger partial charge is 0.335 e. The highest BCUT2D eigenvalue weighted by atomic mass is 16.5. The first-order chi connectivity index (χ1) is 9.69. The molecule has 0 radical (unpaired) electrons. The average molecular weight is 270 g/mol. The first-order valence-electron chi connectivity index (χ1n) is 5.97. The van der Waals surface area contributed by atoms with Crippen molar-refractivity contribution in [3.63, 3.8) is 0 Å². The molecule has 20 heavy (non-hydrogen) atoms. The number of ether oxygens (including phenoxy) is 1. The molecule has 5 nitrogen and oxygen atoms in total. The largest absolute Gasteiger partial charge is 0.489 e. The second-order valence-corrected chi connectivity index (χ2v) is 4.14. The third kappa shape index (κ3) is 3.58. The number of carboxylic acid groups (broad SMARTS) is 1. The maximum absolute atomic E-state index is 10.9. The van der Waals surface area contributed by atoms with E-state index in [1.54, 1.807) is 36.5 Å². The molecule has 0 aliphatic carbocycles. The van der Waals surface area contributed by atoms with Crippen LogP contribution in [0.4, 0.5) is 0 Å². The third-order valence-corrected chi connectivity index (χ3v) is 2.68. The molecule has 0 saturated heterocycles. The Morgan fingerprint density at radius 3 is 2.65 bits per heavy atom. The molecule has 2 aromatic carbocycles. The predicted molar refractivity (Wildman–Crippen MR) is 76.0 cm³/mol. The van der Waals surface area contributed by atoms with Crippen molar-refractivity contribution >= 4 is 12.2 Å². The fourth-order valence-electron chi connectivity index (χ4n) is 1.70. The first kappa shape index (κ1) is 13.6. The van der Waals surface area contributed by atoms with Gasteiger partial charge in [-0.3, -0.25) is 0 Å². The van der Waals surface area contributed by atoms with E-state index in [0.29, 0.717) is 12.4 Å². The lowest BCUT2D eigenvalue weighted by Crippen LogP contribution is -2.00. The Labute approximate surface area is 116 Å². The van der Waals surface area contributed by atoms with Crippen molar-refractivity contribution in [2.75, 3.05) is 0 Å². The molecule has 0 bridgehead atoms. The summed E-state index contributed by atoms with van der Waals surface area (Å²) in [6.45, 7) is 0.311. The van der Waals surface area contributed by atoms with Gasteiger partial charge in [0, 0.05) is 0 Å². The SMILES string of the molecule is NN=Cc1ccc(OCc2cccc(C(=O)O)c2)cc1. The quantitative estimate of drug-likeness (QED) is 0.496. The first-order valence-corrected chi connectivity index (χ1v) is 5.97. The third-order valence-electron chi connectivity index (χ3n) is 2.68. The van der Waals surface area contributed by atoms with E-state index in [0.717, 1.165) is 11.1 Å². The van der Waals surface area contributed by atoms with Gasteiger partial charge in [-0.05, 0) is 47.5 Å². The molecule has 2 aromatic rings. The summed E-state index contributed by atoms with van der Waals surface area (Å²) < 4.78 is 5.59. The van der Waals surface area contributed by atoms with Crippen LogP contribution in [0.15, 0.2) is 53.6 Å². The van der Waals surface area contributed by atoms with Crippen molar-refractivity contribution in [3.05, 3.63) is 65.2 Å². The van der Waals surface area contributed by atoms with Crippen molar-refractivity contribution in [1.82, 2.24) is 0 Å². The van der Waals surface area contributed by atoms with Gasteiger partial charge in [0.05, 0.1) is 11.8 Å². The van der Waals surface area contributed by atoms with Gasteiger partial charge in [0.15, 0.2) is 0 Å². The zero-order valence-electron chi connectivity index (χ0n) is 10.7. The molecule has 2 rings (SSSR count). The summed E-state index contributed by atoms with van der Waals surface area (Å²) in [5.74, 6) is 4.81. The Kier molecular flexibility index (Phi) is 4.34. The van der Waals surface area contributed by atoms with E-state index in [1.165, 1.54) is 0 Å². The molecule has 5 heteroatoms. The molecule has 3 N–H and O–H groups in total. The van der Waals surface area contributed by atoms with E-state index in [2.05, 4.69) is 5.10 Å². The number of hydrogen-bond acceptors (Lipinski definition) is 4. The summed E-state index contributed by atoms with van der Waals surface area (Å²) in [5.41, 5.74) is 1.94. The number of hydrazone groups is 1. The Morgan fingerprint density at radius 2 is 2.00 bits per heavy atom. The Bertz CT molecular complexity index is 621. The van der Waals surface area contributed by atoms with Crippen molar-refractivity contribution in [1.29, 1.82) is 0 Å². The monoisotopic (exact) mass is 270 g/mol. The van der Waals surface area contributed by atoms with Crippen LogP contribution in [0, 0.1) is 0 Å². The second kappa shape index (κ2) is 6.38. The van der Waals surface area contributed by atoms with Crippen LogP contribution < -0.4 is 10.6 Å². The van der Waals surface area contributed by atoms with Crippen LogP contribution in [0.1, 0.15) is 21.5 Å². The van der Waals surface area contributed by atoms with Gasteiger partial charge in [0.1, 0.15) is 12.4 Å². The Hall–Kier alpha value is -2.82. The fourth-order valence-corrected chi connectivity index (χ4v) is 1.70. The minimum Gasteiger partial charge on any atom is -0.489 e. The summed E-state index contributed by atoms with van der Waals surface area (Å²) in [6, 6.07) is 13.9. The van der Waals surface area contributed by atoms with Gasteiger partial charge in [0.25, 0.3) is 0 Å². The van der Waals surface area contributed by atoms with Crippen LogP contribution in [0.5, 0.6) is 5.75 Å². The molecule has 0 amide bonds. The van der Waals surface area contributed by atoms with Crippen molar-refractivity contribution in [2.24, 2.45) is 10.9 Å². The Balaban J connectivity index is 2.01. The van der Waals surface area contributed by atoms with Crippen molar-refractivity contribution in [2.45, 2.75) is 6.61 Å². The number of nitrogens with zero attached hydrogens (tertiary/aromatic N) is 1. The highest BCUT2D eigenvalue weighted by molar-refractivity contribution is 5.87. The summed E-state index contributed by atoms with van der Waals surface area (Å²) in [6.07, 6.45) is 1.54.